The van der Waals surface area contributed by atoms with Crippen LogP contribution in [0, 0.1) is 0 Å². The van der Waals surface area contributed by atoms with E-state index in [2.05, 4.69) is 5.32 Å². The first kappa shape index (κ1) is 17.2. The Morgan fingerprint density at radius 2 is 1.86 bits per heavy atom. The van der Waals surface area contributed by atoms with Gasteiger partial charge in [0.1, 0.15) is 0 Å². The molecule has 2 N–H and O–H groups in total. The standard InChI is InChI=1S/C16H23NO4/c1-12(2)21-11-10-15(18)17-14(8-9-16(19)20)13-6-4-3-5-7-13/h3-7,12,14H,8-11H2,1-2H3,(H,17,18)(H,19,20). The molecule has 0 aromatic heterocycles. The number of rotatable bonds is 9. The van der Waals surface area contributed by atoms with Crippen LogP contribution in [0.2, 0.25) is 0 Å². The van der Waals surface area contributed by atoms with Crippen LogP contribution in [-0.2, 0) is 14.3 Å². The van der Waals surface area contributed by atoms with Crippen LogP contribution in [-0.4, -0.2) is 29.7 Å². The molecule has 0 radical (unpaired) electrons. The number of hydrogen-bond acceptors (Lipinski definition) is 3. The Bertz CT molecular complexity index is 445. The molecule has 116 valence electrons. The van der Waals surface area contributed by atoms with Crippen molar-refractivity contribution >= 4 is 11.9 Å². The lowest BCUT2D eigenvalue weighted by atomic mass is 10.0. The highest BCUT2D eigenvalue weighted by atomic mass is 16.5. The van der Waals surface area contributed by atoms with E-state index in [0.717, 1.165) is 5.56 Å². The lowest BCUT2D eigenvalue weighted by molar-refractivity contribution is -0.137. The molecule has 1 aromatic rings. The second kappa shape index (κ2) is 9.13. The topological polar surface area (TPSA) is 75.6 Å². The fraction of sp³-hybridized carbons (Fsp3) is 0.500. The second-order valence-electron chi connectivity index (χ2n) is 5.13. The maximum Gasteiger partial charge on any atom is 0.303 e. The molecule has 1 aromatic carbocycles. The third-order valence-electron chi connectivity index (χ3n) is 2.96. The summed E-state index contributed by atoms with van der Waals surface area (Å²) in [7, 11) is 0. The summed E-state index contributed by atoms with van der Waals surface area (Å²) < 4.78 is 5.34. The van der Waals surface area contributed by atoms with Crippen molar-refractivity contribution in [3.8, 4) is 0 Å². The predicted octanol–water partition coefficient (Wildman–Crippen LogP) is 2.52. The molecule has 21 heavy (non-hydrogen) atoms. The van der Waals surface area contributed by atoms with Crippen LogP contribution in [0.3, 0.4) is 0 Å². The molecule has 5 heteroatoms. The minimum Gasteiger partial charge on any atom is -0.481 e. The van der Waals surface area contributed by atoms with Gasteiger partial charge in [-0.15, -0.1) is 0 Å². The van der Waals surface area contributed by atoms with Crippen molar-refractivity contribution in [3.05, 3.63) is 35.9 Å². The molecule has 1 atom stereocenters. The first-order valence-electron chi connectivity index (χ1n) is 7.16. The van der Waals surface area contributed by atoms with Crippen LogP contribution in [0.1, 0.15) is 44.7 Å². The molecule has 0 aliphatic rings. The van der Waals surface area contributed by atoms with E-state index in [1.54, 1.807) is 0 Å². The van der Waals surface area contributed by atoms with E-state index in [1.807, 2.05) is 44.2 Å². The Balaban J connectivity index is 2.56. The number of nitrogens with one attached hydrogen (secondary N) is 1. The smallest absolute Gasteiger partial charge is 0.303 e. The number of carboxylic acid groups (broad SMARTS) is 1. The molecule has 0 bridgehead atoms. The number of carboxylic acids is 1. The quantitative estimate of drug-likeness (QED) is 0.733. The molecule has 0 saturated carbocycles. The van der Waals surface area contributed by atoms with Crippen LogP contribution in [0.5, 0.6) is 0 Å². The molecule has 0 fully saturated rings. The average molecular weight is 293 g/mol. The van der Waals surface area contributed by atoms with Gasteiger partial charge in [0.05, 0.1) is 18.8 Å². The molecule has 0 heterocycles. The van der Waals surface area contributed by atoms with E-state index >= 15 is 0 Å². The highest BCUT2D eigenvalue weighted by Gasteiger charge is 2.15. The molecule has 1 rings (SSSR count). The number of carbonyl (C=O) groups is 2. The Morgan fingerprint density at radius 1 is 1.19 bits per heavy atom. The van der Waals surface area contributed by atoms with E-state index in [1.165, 1.54) is 0 Å². The van der Waals surface area contributed by atoms with Crippen LogP contribution in [0.4, 0.5) is 0 Å². The summed E-state index contributed by atoms with van der Waals surface area (Å²) in [6.07, 6.45) is 0.752. The fourth-order valence-corrected chi connectivity index (χ4v) is 1.93. The number of hydrogen-bond donors (Lipinski definition) is 2. The van der Waals surface area contributed by atoms with Crippen molar-refractivity contribution in [2.75, 3.05) is 6.61 Å². The fourth-order valence-electron chi connectivity index (χ4n) is 1.93. The van der Waals surface area contributed by atoms with Crippen LogP contribution < -0.4 is 5.32 Å². The lowest BCUT2D eigenvalue weighted by Crippen LogP contribution is -2.30. The van der Waals surface area contributed by atoms with Gasteiger partial charge in [0, 0.05) is 12.8 Å². The summed E-state index contributed by atoms with van der Waals surface area (Å²) in [5.74, 6) is -0.997. The molecular formula is C16H23NO4. The number of benzene rings is 1. The second-order valence-corrected chi connectivity index (χ2v) is 5.13. The average Bonchev–Trinajstić information content (AvgIpc) is 2.43. The molecule has 5 nitrogen and oxygen atoms in total. The Kier molecular flexibility index (Phi) is 7.46. The SMILES string of the molecule is CC(C)OCCC(=O)NC(CCC(=O)O)c1ccccc1. The minimum atomic E-state index is -0.867. The number of aliphatic carboxylic acids is 1. The Hall–Kier alpha value is -1.88. The highest BCUT2D eigenvalue weighted by molar-refractivity contribution is 5.76. The van der Waals surface area contributed by atoms with E-state index in [0.29, 0.717) is 13.0 Å². The van der Waals surface area contributed by atoms with Gasteiger partial charge in [-0.05, 0) is 25.8 Å². The molecule has 1 unspecified atom stereocenters. The minimum absolute atomic E-state index is 0.0162. The van der Waals surface area contributed by atoms with Crippen molar-refractivity contribution in [2.45, 2.75) is 45.3 Å². The molecular weight excluding hydrogens is 270 g/mol. The third kappa shape index (κ3) is 7.46. The summed E-state index contributed by atoms with van der Waals surface area (Å²) in [6.45, 7) is 4.19. The van der Waals surface area contributed by atoms with Gasteiger partial charge in [-0.3, -0.25) is 9.59 Å². The summed E-state index contributed by atoms with van der Waals surface area (Å²) in [4.78, 5) is 22.6. The van der Waals surface area contributed by atoms with Crippen molar-refractivity contribution in [3.63, 3.8) is 0 Å². The van der Waals surface area contributed by atoms with Crippen molar-refractivity contribution in [1.82, 2.24) is 5.32 Å². The van der Waals surface area contributed by atoms with Gasteiger partial charge < -0.3 is 15.2 Å². The summed E-state index contributed by atoms with van der Waals surface area (Å²) in [5.41, 5.74) is 0.914. The van der Waals surface area contributed by atoms with E-state index < -0.39 is 5.97 Å². The lowest BCUT2D eigenvalue weighted by Gasteiger charge is -2.19. The van der Waals surface area contributed by atoms with Gasteiger partial charge in [0.25, 0.3) is 0 Å². The zero-order chi connectivity index (χ0) is 15.7. The Morgan fingerprint density at radius 3 is 2.43 bits per heavy atom. The summed E-state index contributed by atoms with van der Waals surface area (Å²) in [5, 5.41) is 11.7. The van der Waals surface area contributed by atoms with Crippen molar-refractivity contribution in [1.29, 1.82) is 0 Å². The first-order valence-corrected chi connectivity index (χ1v) is 7.16. The maximum absolute atomic E-state index is 11.9. The first-order chi connectivity index (χ1) is 9.99. The molecule has 1 amide bonds. The molecule has 0 aliphatic carbocycles. The van der Waals surface area contributed by atoms with Gasteiger partial charge >= 0.3 is 5.97 Å². The zero-order valence-corrected chi connectivity index (χ0v) is 12.5. The van der Waals surface area contributed by atoms with E-state index in [9.17, 15) is 9.59 Å². The van der Waals surface area contributed by atoms with Crippen LogP contribution in [0.25, 0.3) is 0 Å². The third-order valence-corrected chi connectivity index (χ3v) is 2.96. The largest absolute Gasteiger partial charge is 0.481 e. The number of amides is 1. The van der Waals surface area contributed by atoms with Gasteiger partial charge in [-0.25, -0.2) is 0 Å². The van der Waals surface area contributed by atoms with Crippen molar-refractivity contribution in [2.24, 2.45) is 0 Å². The van der Waals surface area contributed by atoms with E-state index in [4.69, 9.17) is 9.84 Å². The Labute approximate surface area is 125 Å². The van der Waals surface area contributed by atoms with Gasteiger partial charge in [-0.2, -0.15) is 0 Å². The zero-order valence-electron chi connectivity index (χ0n) is 12.5. The van der Waals surface area contributed by atoms with Crippen LogP contribution >= 0.6 is 0 Å². The van der Waals surface area contributed by atoms with Gasteiger partial charge in [0.15, 0.2) is 0 Å². The van der Waals surface area contributed by atoms with E-state index in [-0.39, 0.29) is 30.9 Å². The number of carbonyl (C=O) groups excluding carboxylic acids is 1. The normalized spacial score (nSPS) is 12.1. The molecule has 0 saturated heterocycles. The maximum atomic E-state index is 11.9. The highest BCUT2D eigenvalue weighted by Crippen LogP contribution is 2.18. The van der Waals surface area contributed by atoms with Crippen molar-refractivity contribution < 1.29 is 19.4 Å². The molecule has 0 aliphatic heterocycles. The monoisotopic (exact) mass is 293 g/mol. The summed E-state index contributed by atoms with van der Waals surface area (Å²) >= 11 is 0. The summed E-state index contributed by atoms with van der Waals surface area (Å²) in [6, 6.07) is 9.12. The number of ether oxygens (including phenoxy) is 1. The van der Waals surface area contributed by atoms with Crippen LogP contribution in [0.15, 0.2) is 30.3 Å². The van der Waals surface area contributed by atoms with Gasteiger partial charge in [-0.1, -0.05) is 30.3 Å². The molecule has 0 spiro atoms. The predicted molar refractivity (Wildman–Crippen MR) is 79.9 cm³/mol. The van der Waals surface area contributed by atoms with Gasteiger partial charge in [0.2, 0.25) is 5.91 Å².